The van der Waals surface area contributed by atoms with Gasteiger partial charge < -0.3 is 5.32 Å². The largest absolute Gasteiger partial charge is 0.337 e. The highest BCUT2D eigenvalue weighted by Crippen LogP contribution is 2.54. The van der Waals surface area contributed by atoms with Gasteiger partial charge in [0.15, 0.2) is 0 Å². The Labute approximate surface area is 178 Å². The molecule has 0 spiro atoms. The topological polar surface area (TPSA) is 108 Å². The average Bonchev–Trinajstić information content (AvgIpc) is 3.46. The lowest BCUT2D eigenvalue weighted by molar-refractivity contribution is -0.120. The molecule has 2 amide bonds. The number of likely N-dealkylation sites (N-methyl/N-ethyl adjacent to an activating group) is 1. The van der Waals surface area contributed by atoms with Crippen molar-refractivity contribution in [3.8, 4) is 0 Å². The molecule has 31 heavy (non-hydrogen) atoms. The molecular formula is C22H19N7O2. The number of carbonyl (C=O) groups excluding carboxylic acids is 2. The minimum absolute atomic E-state index is 0.00811. The third-order valence-corrected chi connectivity index (χ3v) is 5.83. The summed E-state index contributed by atoms with van der Waals surface area (Å²) in [6, 6.07) is 10.9. The van der Waals surface area contributed by atoms with Crippen molar-refractivity contribution in [2.24, 2.45) is 5.92 Å². The monoisotopic (exact) mass is 413 g/mol. The molecule has 2 aliphatic rings. The number of benzene rings is 1. The van der Waals surface area contributed by atoms with E-state index in [4.69, 9.17) is 6.57 Å². The van der Waals surface area contributed by atoms with Gasteiger partial charge in [0, 0.05) is 19.7 Å². The summed E-state index contributed by atoms with van der Waals surface area (Å²) in [4.78, 5) is 39.4. The summed E-state index contributed by atoms with van der Waals surface area (Å²) in [6.07, 6.45) is 2.75. The predicted molar refractivity (Wildman–Crippen MR) is 112 cm³/mol. The summed E-state index contributed by atoms with van der Waals surface area (Å²) in [6.45, 7) is 7.22. The van der Waals surface area contributed by atoms with Crippen LogP contribution in [0.25, 0.3) is 4.85 Å². The normalized spacial score (nSPS) is 21.5. The van der Waals surface area contributed by atoms with E-state index < -0.39 is 11.9 Å². The van der Waals surface area contributed by atoms with E-state index in [1.807, 2.05) is 30.3 Å². The lowest BCUT2D eigenvalue weighted by Gasteiger charge is -2.22. The molecule has 5 rings (SSSR count). The molecule has 0 unspecified atom stereocenters. The number of anilines is 1. The van der Waals surface area contributed by atoms with Crippen LogP contribution < -0.4 is 10.2 Å². The van der Waals surface area contributed by atoms with Crippen molar-refractivity contribution in [1.82, 2.24) is 25.5 Å². The van der Waals surface area contributed by atoms with Crippen LogP contribution in [0.4, 0.5) is 11.5 Å². The van der Waals surface area contributed by atoms with Crippen LogP contribution in [0.3, 0.4) is 0 Å². The molecule has 1 aliphatic carbocycles. The first-order chi connectivity index (χ1) is 15.0. The first kappa shape index (κ1) is 18.9. The molecule has 1 aromatic carbocycles. The number of hydrogen-bond donors (Lipinski definition) is 2. The van der Waals surface area contributed by atoms with Crippen LogP contribution >= 0.6 is 0 Å². The highest BCUT2D eigenvalue weighted by Gasteiger charge is 2.52. The number of pyridine rings is 1. The molecule has 1 saturated carbocycles. The van der Waals surface area contributed by atoms with Crippen LogP contribution in [0.1, 0.15) is 39.9 Å². The summed E-state index contributed by atoms with van der Waals surface area (Å²) in [5.74, 6) is 0.456. The number of nitrogens with one attached hydrogen (secondary N) is 2. The fraction of sp³-hybridized carbons (Fsp3) is 0.273. The Hall–Kier alpha value is -4.06. The molecule has 1 aliphatic heterocycles. The summed E-state index contributed by atoms with van der Waals surface area (Å²) >= 11 is 0. The van der Waals surface area contributed by atoms with E-state index in [2.05, 4.69) is 30.3 Å². The number of H-pyrrole nitrogens is 1. The van der Waals surface area contributed by atoms with Crippen molar-refractivity contribution in [2.45, 2.75) is 24.8 Å². The van der Waals surface area contributed by atoms with Crippen LogP contribution in [0.5, 0.6) is 0 Å². The molecular weight excluding hydrogens is 394 g/mol. The first-order valence-corrected chi connectivity index (χ1v) is 9.96. The zero-order valence-electron chi connectivity index (χ0n) is 16.7. The van der Waals surface area contributed by atoms with Gasteiger partial charge in [-0.25, -0.2) is 9.83 Å². The van der Waals surface area contributed by atoms with E-state index >= 15 is 0 Å². The smallest absolute Gasteiger partial charge is 0.291 e. The highest BCUT2D eigenvalue weighted by atomic mass is 16.2. The molecule has 2 aromatic heterocycles. The molecule has 0 radical (unpaired) electrons. The zero-order chi connectivity index (χ0) is 21.5. The molecule has 154 valence electrons. The van der Waals surface area contributed by atoms with E-state index in [9.17, 15) is 9.59 Å². The van der Waals surface area contributed by atoms with Crippen LogP contribution in [0.2, 0.25) is 0 Å². The summed E-state index contributed by atoms with van der Waals surface area (Å²) in [5.41, 5.74) is 2.38. The minimum Gasteiger partial charge on any atom is -0.337 e. The van der Waals surface area contributed by atoms with Crippen molar-refractivity contribution in [3.05, 3.63) is 76.8 Å². The van der Waals surface area contributed by atoms with E-state index in [-0.39, 0.29) is 23.6 Å². The number of nitrogens with zero attached hydrogens (tertiary/aromatic N) is 5. The van der Waals surface area contributed by atoms with Gasteiger partial charge in [0.05, 0.1) is 6.57 Å². The van der Waals surface area contributed by atoms with Gasteiger partial charge in [0.1, 0.15) is 17.7 Å². The number of carbonyl (C=O) groups is 2. The Kier molecular flexibility index (Phi) is 4.47. The van der Waals surface area contributed by atoms with Crippen molar-refractivity contribution in [2.75, 3.05) is 11.9 Å². The maximum absolute atomic E-state index is 13.1. The van der Waals surface area contributed by atoms with Crippen LogP contribution in [0, 0.1) is 12.5 Å². The minimum atomic E-state index is -0.691. The molecule has 3 atom stereocenters. The van der Waals surface area contributed by atoms with Gasteiger partial charge in [-0.05, 0) is 35.4 Å². The highest BCUT2D eigenvalue weighted by molar-refractivity contribution is 6.02. The van der Waals surface area contributed by atoms with E-state index in [0.717, 1.165) is 17.5 Å². The molecule has 0 saturated heterocycles. The van der Waals surface area contributed by atoms with Gasteiger partial charge >= 0.3 is 0 Å². The number of rotatable bonds is 4. The van der Waals surface area contributed by atoms with E-state index in [1.165, 1.54) is 11.1 Å². The van der Waals surface area contributed by atoms with Crippen molar-refractivity contribution >= 4 is 23.3 Å². The quantitative estimate of drug-likeness (QED) is 0.638. The van der Waals surface area contributed by atoms with Crippen molar-refractivity contribution in [1.29, 1.82) is 0 Å². The van der Waals surface area contributed by atoms with Gasteiger partial charge in [0.25, 0.3) is 11.8 Å². The fourth-order valence-electron chi connectivity index (χ4n) is 4.15. The number of amides is 2. The fourth-order valence-corrected chi connectivity index (χ4v) is 4.15. The SMILES string of the molecule is [C-]#[N+]c1cnc2c(c1)[C@@H]1C[C@@H]1[C@H](NC(=O)c1n[nH]c(Cc3ccccc3)n1)C(=O)N2C. The lowest BCUT2D eigenvalue weighted by atomic mass is 10.1. The van der Waals surface area contributed by atoms with Gasteiger partial charge in [-0.3, -0.25) is 24.6 Å². The third kappa shape index (κ3) is 3.42. The van der Waals surface area contributed by atoms with Gasteiger partial charge in [-0.1, -0.05) is 30.3 Å². The Balaban J connectivity index is 1.33. The number of hydrogen-bond acceptors (Lipinski definition) is 5. The van der Waals surface area contributed by atoms with Crippen molar-refractivity contribution in [3.63, 3.8) is 0 Å². The summed E-state index contributed by atoms with van der Waals surface area (Å²) in [7, 11) is 1.64. The maximum Gasteiger partial charge on any atom is 0.291 e. The van der Waals surface area contributed by atoms with Crippen LogP contribution in [0.15, 0.2) is 42.6 Å². The second kappa shape index (κ2) is 7.32. The standard InChI is InChI=1S/C22H19N7O2/c1-23-13-9-16-14-10-15(14)18(22(31)29(2)20(16)24-11-13)26-21(30)19-25-17(27-28-19)8-12-6-4-3-5-7-12/h3-7,9,11,14-15,18H,8,10H2,2H3,(H,26,30)(H,25,27,28)/t14-,15+,18+/m1/s1. The van der Waals surface area contributed by atoms with Crippen molar-refractivity contribution < 1.29 is 9.59 Å². The van der Waals surface area contributed by atoms with Crippen LogP contribution in [-0.2, 0) is 11.2 Å². The number of aromatic amines is 1. The first-order valence-electron chi connectivity index (χ1n) is 9.96. The molecule has 2 N–H and O–H groups in total. The van der Waals surface area contributed by atoms with Crippen LogP contribution in [-0.4, -0.2) is 45.1 Å². The summed E-state index contributed by atoms with van der Waals surface area (Å²) in [5, 5.41) is 9.65. The predicted octanol–water partition coefficient (Wildman–Crippen LogP) is 2.22. The third-order valence-electron chi connectivity index (χ3n) is 5.83. The molecule has 9 nitrogen and oxygen atoms in total. The second-order valence-electron chi connectivity index (χ2n) is 7.84. The van der Waals surface area contributed by atoms with Gasteiger partial charge in [0.2, 0.25) is 11.5 Å². The van der Waals surface area contributed by atoms with Gasteiger partial charge in [-0.15, -0.1) is 5.10 Å². The number of fused-ring (bicyclic) bond motifs is 3. The lowest BCUT2D eigenvalue weighted by Crippen LogP contribution is -2.48. The second-order valence-corrected chi connectivity index (χ2v) is 7.84. The molecule has 3 aromatic rings. The molecule has 3 heterocycles. The molecule has 9 heteroatoms. The Morgan fingerprint density at radius 1 is 1.35 bits per heavy atom. The Morgan fingerprint density at radius 3 is 2.94 bits per heavy atom. The van der Waals surface area contributed by atoms with E-state index in [0.29, 0.717) is 23.8 Å². The van der Waals surface area contributed by atoms with Gasteiger partial charge in [-0.2, -0.15) is 0 Å². The average molecular weight is 413 g/mol. The summed E-state index contributed by atoms with van der Waals surface area (Å²) < 4.78 is 0. The Bertz CT molecular complexity index is 1210. The molecule has 1 fully saturated rings. The zero-order valence-corrected chi connectivity index (χ0v) is 16.7. The maximum atomic E-state index is 13.1. The Morgan fingerprint density at radius 2 is 2.16 bits per heavy atom. The van der Waals surface area contributed by atoms with E-state index in [1.54, 1.807) is 13.1 Å². The molecule has 0 bridgehead atoms. The number of aromatic nitrogens is 4.